The summed E-state index contributed by atoms with van der Waals surface area (Å²) in [5.41, 5.74) is 0. The van der Waals surface area contributed by atoms with Gasteiger partial charge in [0.2, 0.25) is 11.8 Å². The minimum Gasteiger partial charge on any atom is -0.342 e. The molecule has 2 unspecified atom stereocenters. The van der Waals surface area contributed by atoms with Gasteiger partial charge in [0.25, 0.3) is 0 Å². The molecule has 1 aromatic carbocycles. The molecule has 2 aliphatic heterocycles. The zero-order chi connectivity index (χ0) is 20.3. The fraction of sp³-hybridized carbons (Fsp3) is 0.619. The lowest BCUT2D eigenvalue weighted by Gasteiger charge is -2.37. The molecule has 2 fully saturated rings. The van der Waals surface area contributed by atoms with Crippen LogP contribution in [0.25, 0.3) is 0 Å². The maximum atomic E-state index is 12.9. The Kier molecular flexibility index (Phi) is 7.57. The standard InChI is InChI=1S/C21H28Cl2N2O2S/c1-14-4-3-9-25(13-14)21(27)16-7-10-24(11-8-16)20(26)15(2)28-19-12-17(22)5-6-18(19)23/h5-6,12,14-16H,3-4,7-11,13H2,1-2H3. The van der Waals surface area contributed by atoms with Gasteiger partial charge >= 0.3 is 0 Å². The van der Waals surface area contributed by atoms with Gasteiger partial charge in [-0.05, 0) is 56.7 Å². The van der Waals surface area contributed by atoms with Crippen molar-refractivity contribution in [1.82, 2.24) is 9.80 Å². The molecule has 0 spiro atoms. The van der Waals surface area contributed by atoms with Crippen molar-refractivity contribution in [1.29, 1.82) is 0 Å². The molecule has 0 saturated carbocycles. The number of hydrogen-bond acceptors (Lipinski definition) is 3. The molecule has 154 valence electrons. The summed E-state index contributed by atoms with van der Waals surface area (Å²) >= 11 is 13.7. The lowest BCUT2D eigenvalue weighted by atomic mass is 9.92. The largest absolute Gasteiger partial charge is 0.342 e. The van der Waals surface area contributed by atoms with Crippen LogP contribution in [-0.2, 0) is 9.59 Å². The first-order valence-electron chi connectivity index (χ1n) is 10.0. The number of piperidine rings is 2. The first kappa shape index (κ1) is 21.8. The van der Waals surface area contributed by atoms with Crippen LogP contribution in [0, 0.1) is 11.8 Å². The summed E-state index contributed by atoms with van der Waals surface area (Å²) in [5, 5.41) is 0.971. The monoisotopic (exact) mass is 442 g/mol. The molecule has 2 heterocycles. The number of thioether (sulfide) groups is 1. The zero-order valence-corrected chi connectivity index (χ0v) is 18.8. The minimum atomic E-state index is -0.244. The van der Waals surface area contributed by atoms with E-state index in [0.29, 0.717) is 29.1 Å². The van der Waals surface area contributed by atoms with E-state index in [1.165, 1.54) is 18.2 Å². The van der Waals surface area contributed by atoms with Crippen LogP contribution >= 0.6 is 35.0 Å². The average Bonchev–Trinajstić information content (AvgIpc) is 2.69. The third-order valence-corrected chi connectivity index (χ3v) is 7.49. The van der Waals surface area contributed by atoms with E-state index in [1.54, 1.807) is 18.2 Å². The van der Waals surface area contributed by atoms with E-state index in [1.807, 2.05) is 16.7 Å². The van der Waals surface area contributed by atoms with Gasteiger partial charge in [-0.15, -0.1) is 11.8 Å². The Morgan fingerprint density at radius 1 is 1.11 bits per heavy atom. The number of benzene rings is 1. The molecular weight excluding hydrogens is 415 g/mol. The number of carbonyl (C=O) groups excluding carboxylic acids is 2. The maximum Gasteiger partial charge on any atom is 0.235 e. The van der Waals surface area contributed by atoms with Crippen molar-refractivity contribution in [3.05, 3.63) is 28.2 Å². The summed E-state index contributed by atoms with van der Waals surface area (Å²) in [4.78, 5) is 30.4. The normalized spacial score (nSPS) is 22.2. The Morgan fingerprint density at radius 3 is 2.50 bits per heavy atom. The molecule has 2 saturated heterocycles. The smallest absolute Gasteiger partial charge is 0.235 e. The number of halogens is 2. The highest BCUT2D eigenvalue weighted by Gasteiger charge is 2.33. The minimum absolute atomic E-state index is 0.0553. The predicted octanol–water partition coefficient (Wildman–Crippen LogP) is 4.97. The molecule has 2 aliphatic rings. The Labute approximate surface area is 181 Å². The number of nitrogens with zero attached hydrogens (tertiary/aromatic N) is 2. The second-order valence-electron chi connectivity index (χ2n) is 7.97. The van der Waals surface area contributed by atoms with E-state index in [2.05, 4.69) is 6.92 Å². The van der Waals surface area contributed by atoms with E-state index in [4.69, 9.17) is 23.2 Å². The second-order valence-corrected chi connectivity index (χ2v) is 10.2. The summed E-state index contributed by atoms with van der Waals surface area (Å²) < 4.78 is 0. The van der Waals surface area contributed by atoms with E-state index >= 15 is 0 Å². The van der Waals surface area contributed by atoms with Gasteiger partial charge in [-0.1, -0.05) is 30.1 Å². The van der Waals surface area contributed by atoms with Crippen LogP contribution in [0.4, 0.5) is 0 Å². The summed E-state index contributed by atoms with van der Waals surface area (Å²) in [6, 6.07) is 5.29. The highest BCUT2D eigenvalue weighted by atomic mass is 35.5. The molecule has 2 amide bonds. The number of likely N-dealkylation sites (tertiary alicyclic amines) is 2. The molecule has 0 aliphatic carbocycles. The van der Waals surface area contributed by atoms with Crippen molar-refractivity contribution in [2.45, 2.75) is 49.7 Å². The Morgan fingerprint density at radius 2 is 1.82 bits per heavy atom. The molecule has 28 heavy (non-hydrogen) atoms. The Hall–Kier alpha value is -0.910. The molecule has 7 heteroatoms. The number of carbonyl (C=O) groups is 2. The van der Waals surface area contributed by atoms with Gasteiger partial charge in [-0.2, -0.15) is 0 Å². The summed E-state index contributed by atoms with van der Waals surface area (Å²) in [6.07, 6.45) is 3.82. The number of rotatable bonds is 4. The number of hydrogen-bond donors (Lipinski definition) is 0. The van der Waals surface area contributed by atoms with Crippen molar-refractivity contribution >= 4 is 46.8 Å². The van der Waals surface area contributed by atoms with Gasteiger partial charge in [-0.3, -0.25) is 9.59 Å². The lowest BCUT2D eigenvalue weighted by molar-refractivity contribution is -0.141. The van der Waals surface area contributed by atoms with Crippen molar-refractivity contribution < 1.29 is 9.59 Å². The van der Waals surface area contributed by atoms with Crippen LogP contribution in [-0.4, -0.2) is 53.0 Å². The number of amides is 2. The van der Waals surface area contributed by atoms with Crippen LogP contribution in [0.5, 0.6) is 0 Å². The topological polar surface area (TPSA) is 40.6 Å². The first-order valence-corrected chi connectivity index (χ1v) is 11.7. The molecule has 3 rings (SSSR count). The maximum absolute atomic E-state index is 12.9. The lowest BCUT2D eigenvalue weighted by Crippen LogP contribution is -2.48. The third kappa shape index (κ3) is 5.37. The molecule has 2 atom stereocenters. The fourth-order valence-electron chi connectivity index (χ4n) is 4.06. The van der Waals surface area contributed by atoms with Gasteiger partial charge in [0.1, 0.15) is 0 Å². The highest BCUT2D eigenvalue weighted by molar-refractivity contribution is 8.00. The van der Waals surface area contributed by atoms with Crippen molar-refractivity contribution in [2.24, 2.45) is 11.8 Å². The van der Waals surface area contributed by atoms with Crippen LogP contribution in [0.15, 0.2) is 23.1 Å². The molecule has 1 aromatic rings. The van der Waals surface area contributed by atoms with Crippen molar-refractivity contribution in [3.63, 3.8) is 0 Å². The Balaban J connectivity index is 1.51. The molecule has 0 N–H and O–H groups in total. The highest BCUT2D eigenvalue weighted by Crippen LogP contribution is 2.34. The van der Waals surface area contributed by atoms with Crippen LogP contribution in [0.1, 0.15) is 39.5 Å². The zero-order valence-electron chi connectivity index (χ0n) is 16.5. The van der Waals surface area contributed by atoms with Gasteiger partial charge in [0, 0.05) is 42.0 Å². The van der Waals surface area contributed by atoms with E-state index < -0.39 is 0 Å². The molecule has 0 aromatic heterocycles. The van der Waals surface area contributed by atoms with Gasteiger partial charge < -0.3 is 9.80 Å². The third-order valence-electron chi connectivity index (χ3n) is 5.67. The van der Waals surface area contributed by atoms with Crippen molar-refractivity contribution in [3.8, 4) is 0 Å². The van der Waals surface area contributed by atoms with E-state index in [9.17, 15) is 9.59 Å². The van der Waals surface area contributed by atoms with Crippen LogP contribution in [0.3, 0.4) is 0 Å². The molecule has 0 bridgehead atoms. The molecule has 4 nitrogen and oxygen atoms in total. The van der Waals surface area contributed by atoms with Gasteiger partial charge in [0.05, 0.1) is 10.3 Å². The second kappa shape index (κ2) is 9.73. The first-order chi connectivity index (χ1) is 13.3. The summed E-state index contributed by atoms with van der Waals surface area (Å²) in [5.74, 6) is 1.03. The summed E-state index contributed by atoms with van der Waals surface area (Å²) in [6.45, 7) is 7.17. The van der Waals surface area contributed by atoms with Gasteiger partial charge in [-0.25, -0.2) is 0 Å². The molecular formula is C21H28Cl2N2O2S. The van der Waals surface area contributed by atoms with E-state index in [0.717, 1.165) is 37.2 Å². The van der Waals surface area contributed by atoms with Crippen molar-refractivity contribution in [2.75, 3.05) is 26.2 Å². The fourth-order valence-corrected chi connectivity index (χ4v) is 5.55. The van der Waals surface area contributed by atoms with Crippen LogP contribution in [0.2, 0.25) is 10.0 Å². The van der Waals surface area contributed by atoms with Gasteiger partial charge in [0.15, 0.2) is 0 Å². The SMILES string of the molecule is CC1CCCN(C(=O)C2CCN(C(=O)C(C)Sc3cc(Cl)ccc3Cl)CC2)C1. The average molecular weight is 443 g/mol. The summed E-state index contributed by atoms with van der Waals surface area (Å²) in [7, 11) is 0. The molecule has 0 radical (unpaired) electrons. The predicted molar refractivity (Wildman–Crippen MR) is 116 cm³/mol. The van der Waals surface area contributed by atoms with E-state index in [-0.39, 0.29) is 23.0 Å². The Bertz CT molecular complexity index is 722. The quantitative estimate of drug-likeness (QED) is 0.617. The van der Waals surface area contributed by atoms with Crippen LogP contribution < -0.4 is 0 Å².